The number of nitro groups is 1. The average Bonchev–Trinajstić information content (AvgIpc) is 3.38. The maximum absolute atomic E-state index is 12.6. The molecule has 1 aromatic heterocycles. The van der Waals surface area contributed by atoms with Crippen molar-refractivity contribution < 1.29 is 14.5 Å². The van der Waals surface area contributed by atoms with E-state index in [1.165, 1.54) is 29.6 Å². The topological polar surface area (TPSA) is 118 Å². The van der Waals surface area contributed by atoms with Crippen molar-refractivity contribution in [1.82, 2.24) is 10.2 Å². The van der Waals surface area contributed by atoms with Crippen molar-refractivity contribution in [2.45, 2.75) is 26.2 Å². The van der Waals surface area contributed by atoms with Gasteiger partial charge < -0.3 is 4.90 Å². The van der Waals surface area contributed by atoms with Crippen molar-refractivity contribution >= 4 is 45.7 Å². The number of para-hydroxylation sites is 1. The highest BCUT2D eigenvalue weighted by Gasteiger charge is 2.34. The monoisotopic (exact) mass is 463 g/mol. The van der Waals surface area contributed by atoms with E-state index in [0.717, 1.165) is 16.8 Å². The third kappa shape index (κ3) is 5.12. The quantitative estimate of drug-likeness (QED) is 0.332. The molecule has 0 spiro atoms. The Bertz CT molecular complexity index is 1250. The highest BCUT2D eigenvalue weighted by atomic mass is 32.1. The number of rotatable bonds is 6. The van der Waals surface area contributed by atoms with Crippen LogP contribution in [0.25, 0.3) is 6.08 Å². The molecule has 1 aliphatic rings. The molecule has 1 aliphatic heterocycles. The fourth-order valence-electron chi connectivity index (χ4n) is 3.79. The van der Waals surface area contributed by atoms with E-state index < -0.39 is 10.8 Å². The maximum Gasteiger partial charge on any atom is 0.276 e. The normalized spacial score (nSPS) is 15.9. The van der Waals surface area contributed by atoms with Gasteiger partial charge in [0.1, 0.15) is 5.01 Å². The number of nitrogens with one attached hydrogen (secondary N) is 1. The largest absolute Gasteiger partial charge is 0.312 e. The molecule has 1 N–H and O–H groups in total. The number of anilines is 2. The fraction of sp³-hybridized carbons (Fsp3) is 0.217. The molecule has 1 saturated heterocycles. The molecular formula is C23H21N5O4S. The van der Waals surface area contributed by atoms with Gasteiger partial charge in [-0.1, -0.05) is 29.5 Å². The highest BCUT2D eigenvalue weighted by molar-refractivity contribution is 7.15. The molecule has 0 saturated carbocycles. The van der Waals surface area contributed by atoms with E-state index in [4.69, 9.17) is 0 Å². The van der Waals surface area contributed by atoms with Crippen molar-refractivity contribution in [3.05, 3.63) is 80.4 Å². The molecule has 0 radical (unpaired) electrons. The van der Waals surface area contributed by atoms with Crippen LogP contribution >= 0.6 is 11.3 Å². The van der Waals surface area contributed by atoms with Crippen molar-refractivity contribution in [3.63, 3.8) is 0 Å². The van der Waals surface area contributed by atoms with Gasteiger partial charge in [0.25, 0.3) is 5.69 Å². The van der Waals surface area contributed by atoms with Gasteiger partial charge in [-0.25, -0.2) is 0 Å². The zero-order valence-corrected chi connectivity index (χ0v) is 18.8. The molecule has 168 valence electrons. The second kappa shape index (κ2) is 9.29. The number of nitrogens with zero attached hydrogens (tertiary/aromatic N) is 4. The van der Waals surface area contributed by atoms with E-state index in [1.54, 1.807) is 23.1 Å². The third-order valence-corrected chi connectivity index (χ3v) is 6.21. The SMILES string of the molecule is Cc1cc(C)cc(N2CC(c3nnc(NC(=O)/C=C/c4ccccc4[N+](=O)[O-])s3)CC2=O)c1. The third-order valence-electron chi connectivity index (χ3n) is 5.21. The summed E-state index contributed by atoms with van der Waals surface area (Å²) in [6.07, 6.45) is 2.92. The summed E-state index contributed by atoms with van der Waals surface area (Å²) in [5, 5.41) is 22.9. The van der Waals surface area contributed by atoms with Crippen LogP contribution in [-0.4, -0.2) is 33.5 Å². The van der Waals surface area contributed by atoms with Gasteiger partial charge in [0.15, 0.2) is 0 Å². The van der Waals surface area contributed by atoms with Crippen LogP contribution in [0.3, 0.4) is 0 Å². The molecule has 4 rings (SSSR count). The Hall–Kier alpha value is -3.92. The number of hydrogen-bond acceptors (Lipinski definition) is 7. The van der Waals surface area contributed by atoms with E-state index >= 15 is 0 Å². The second-order valence-electron chi connectivity index (χ2n) is 7.84. The second-order valence-corrected chi connectivity index (χ2v) is 8.84. The molecular weight excluding hydrogens is 442 g/mol. The lowest BCUT2D eigenvalue weighted by Crippen LogP contribution is -2.24. The van der Waals surface area contributed by atoms with Crippen LogP contribution in [-0.2, 0) is 9.59 Å². The van der Waals surface area contributed by atoms with Crippen molar-refractivity contribution in [3.8, 4) is 0 Å². The van der Waals surface area contributed by atoms with Crippen LogP contribution in [0.1, 0.15) is 34.0 Å². The van der Waals surface area contributed by atoms with Gasteiger partial charge in [0, 0.05) is 36.7 Å². The van der Waals surface area contributed by atoms with Gasteiger partial charge in [0.2, 0.25) is 16.9 Å². The molecule has 2 aromatic carbocycles. The van der Waals surface area contributed by atoms with E-state index in [0.29, 0.717) is 28.7 Å². The smallest absolute Gasteiger partial charge is 0.276 e. The predicted molar refractivity (Wildman–Crippen MR) is 126 cm³/mol. The fourth-order valence-corrected chi connectivity index (χ4v) is 4.62. The predicted octanol–water partition coefficient (Wildman–Crippen LogP) is 4.24. The molecule has 1 atom stereocenters. The number of carbonyl (C=O) groups excluding carboxylic acids is 2. The summed E-state index contributed by atoms with van der Waals surface area (Å²) >= 11 is 1.22. The van der Waals surface area contributed by atoms with Crippen LogP contribution in [0, 0.1) is 24.0 Å². The minimum absolute atomic E-state index is 0.0261. The molecule has 9 nitrogen and oxygen atoms in total. The minimum Gasteiger partial charge on any atom is -0.312 e. The first-order valence-corrected chi connectivity index (χ1v) is 11.1. The summed E-state index contributed by atoms with van der Waals surface area (Å²) in [4.78, 5) is 37.2. The Morgan fingerprint density at radius 1 is 1.21 bits per heavy atom. The minimum atomic E-state index is -0.501. The van der Waals surface area contributed by atoms with Crippen molar-refractivity contribution in [2.75, 3.05) is 16.8 Å². The summed E-state index contributed by atoms with van der Waals surface area (Å²) in [5.41, 5.74) is 3.30. The molecule has 1 unspecified atom stereocenters. The first kappa shape index (κ1) is 22.3. The van der Waals surface area contributed by atoms with Crippen LogP contribution in [0.4, 0.5) is 16.5 Å². The number of hydrogen-bond donors (Lipinski definition) is 1. The molecule has 2 heterocycles. The van der Waals surface area contributed by atoms with Crippen molar-refractivity contribution in [1.29, 1.82) is 0 Å². The lowest BCUT2D eigenvalue weighted by molar-refractivity contribution is -0.385. The Morgan fingerprint density at radius 2 is 1.94 bits per heavy atom. The van der Waals surface area contributed by atoms with Gasteiger partial charge in [0.05, 0.1) is 10.5 Å². The van der Waals surface area contributed by atoms with Gasteiger partial charge >= 0.3 is 0 Å². The molecule has 2 amide bonds. The van der Waals surface area contributed by atoms with Gasteiger partial charge in [-0.3, -0.25) is 25.0 Å². The molecule has 1 fully saturated rings. The van der Waals surface area contributed by atoms with E-state index in [1.807, 2.05) is 26.0 Å². The Kier molecular flexibility index (Phi) is 6.27. The number of aryl methyl sites for hydroxylation is 2. The first-order valence-electron chi connectivity index (χ1n) is 10.2. The Labute approximate surface area is 193 Å². The summed E-state index contributed by atoms with van der Waals surface area (Å²) in [7, 11) is 0. The zero-order chi connectivity index (χ0) is 23.5. The van der Waals surface area contributed by atoms with Crippen LogP contribution in [0.5, 0.6) is 0 Å². The van der Waals surface area contributed by atoms with E-state index in [9.17, 15) is 19.7 Å². The van der Waals surface area contributed by atoms with E-state index in [2.05, 4.69) is 21.6 Å². The molecule has 0 aliphatic carbocycles. The number of nitro benzene ring substituents is 1. The number of benzene rings is 2. The highest BCUT2D eigenvalue weighted by Crippen LogP contribution is 2.34. The van der Waals surface area contributed by atoms with Gasteiger partial charge in [-0.2, -0.15) is 0 Å². The van der Waals surface area contributed by atoms with Gasteiger partial charge in [-0.15, -0.1) is 10.2 Å². The van der Waals surface area contributed by atoms with Crippen LogP contribution in [0.15, 0.2) is 48.5 Å². The number of amides is 2. The molecule has 3 aromatic rings. The molecule has 0 bridgehead atoms. The molecule has 33 heavy (non-hydrogen) atoms. The van der Waals surface area contributed by atoms with Crippen LogP contribution < -0.4 is 10.2 Å². The summed E-state index contributed by atoms with van der Waals surface area (Å²) in [6, 6.07) is 12.2. The number of aromatic nitrogens is 2. The summed E-state index contributed by atoms with van der Waals surface area (Å²) in [6.45, 7) is 4.50. The number of carbonyl (C=O) groups is 2. The molecule has 10 heteroatoms. The lowest BCUT2D eigenvalue weighted by Gasteiger charge is -2.17. The zero-order valence-electron chi connectivity index (χ0n) is 18.0. The summed E-state index contributed by atoms with van der Waals surface area (Å²) < 4.78 is 0. The Balaban J connectivity index is 1.42. The standard InChI is InChI=1S/C23H21N5O4S/c1-14-9-15(2)11-18(10-14)27-13-17(12-21(27)30)22-25-26-23(33-22)24-20(29)8-7-16-5-3-4-6-19(16)28(31)32/h3-11,17H,12-13H2,1-2H3,(H,24,26,29)/b8-7+. The first-order chi connectivity index (χ1) is 15.8. The lowest BCUT2D eigenvalue weighted by atomic mass is 10.1. The Morgan fingerprint density at radius 3 is 2.67 bits per heavy atom. The van der Waals surface area contributed by atoms with Crippen molar-refractivity contribution in [2.24, 2.45) is 0 Å². The van der Waals surface area contributed by atoms with Gasteiger partial charge in [-0.05, 0) is 49.2 Å². The van der Waals surface area contributed by atoms with Crippen LogP contribution in [0.2, 0.25) is 0 Å². The average molecular weight is 464 g/mol. The maximum atomic E-state index is 12.6. The summed E-state index contributed by atoms with van der Waals surface area (Å²) in [5.74, 6) is -0.558. The van der Waals surface area contributed by atoms with E-state index in [-0.39, 0.29) is 17.5 Å².